The maximum atomic E-state index is 12.5. The zero-order valence-electron chi connectivity index (χ0n) is 16.0. The van der Waals surface area contributed by atoms with E-state index in [9.17, 15) is 14.4 Å². The van der Waals surface area contributed by atoms with Crippen molar-refractivity contribution in [2.45, 2.75) is 59.1 Å². The molecule has 0 saturated carbocycles. The van der Waals surface area contributed by atoms with E-state index in [-0.39, 0.29) is 13.2 Å². The first-order valence-electron chi connectivity index (χ1n) is 8.80. The van der Waals surface area contributed by atoms with Crippen LogP contribution in [-0.2, 0) is 20.8 Å². The molecule has 0 radical (unpaired) electrons. The van der Waals surface area contributed by atoms with Gasteiger partial charge in [-0.2, -0.15) is 0 Å². The number of carbonyl (C=O) groups excluding carboxylic acids is 3. The summed E-state index contributed by atoms with van der Waals surface area (Å²) in [7, 11) is 0. The highest BCUT2D eigenvalue weighted by atomic mass is 16.6. The number of pyridine rings is 1. The molecular weight excluding hydrogens is 336 g/mol. The van der Waals surface area contributed by atoms with Gasteiger partial charge in [-0.3, -0.25) is 4.98 Å². The van der Waals surface area contributed by atoms with Gasteiger partial charge in [0, 0.05) is 19.2 Å². The summed E-state index contributed by atoms with van der Waals surface area (Å²) < 4.78 is 10.4. The van der Waals surface area contributed by atoms with Crippen molar-refractivity contribution >= 4 is 18.3 Å². The molecule has 1 amide bonds. The molecule has 0 aliphatic carbocycles. The highest BCUT2D eigenvalue weighted by Gasteiger charge is 2.22. The molecule has 0 fully saturated rings. The van der Waals surface area contributed by atoms with Crippen molar-refractivity contribution in [1.82, 2.24) is 9.88 Å². The quantitative estimate of drug-likeness (QED) is 0.379. The van der Waals surface area contributed by atoms with Crippen molar-refractivity contribution in [3.63, 3.8) is 0 Å². The highest BCUT2D eigenvalue weighted by Crippen LogP contribution is 2.14. The molecule has 1 rings (SSSR count). The van der Waals surface area contributed by atoms with E-state index in [4.69, 9.17) is 9.47 Å². The number of aldehydes is 1. The van der Waals surface area contributed by atoms with Gasteiger partial charge in [-0.25, -0.2) is 9.59 Å². The molecule has 1 aromatic rings. The Kier molecular flexibility index (Phi) is 8.75. The van der Waals surface area contributed by atoms with Gasteiger partial charge in [0.1, 0.15) is 11.9 Å². The van der Waals surface area contributed by atoms with Crippen LogP contribution in [0, 0.1) is 0 Å². The average Bonchev–Trinajstić information content (AvgIpc) is 2.56. The molecule has 26 heavy (non-hydrogen) atoms. The Hall–Kier alpha value is -2.44. The van der Waals surface area contributed by atoms with Gasteiger partial charge >= 0.3 is 12.1 Å². The summed E-state index contributed by atoms with van der Waals surface area (Å²) in [6.45, 7) is 8.08. The lowest BCUT2D eigenvalue weighted by atomic mass is 10.2. The first kappa shape index (κ1) is 21.6. The van der Waals surface area contributed by atoms with E-state index in [1.54, 1.807) is 39.8 Å². The lowest BCUT2D eigenvalue weighted by molar-refractivity contribution is -0.107. The van der Waals surface area contributed by atoms with Crippen LogP contribution in [0.2, 0.25) is 0 Å². The van der Waals surface area contributed by atoms with E-state index in [0.717, 1.165) is 6.29 Å². The van der Waals surface area contributed by atoms with Gasteiger partial charge in [-0.15, -0.1) is 0 Å². The molecule has 0 atom stereocenters. The van der Waals surface area contributed by atoms with Crippen LogP contribution in [0.3, 0.4) is 0 Å². The third kappa shape index (κ3) is 8.09. The number of carbonyl (C=O) groups is 3. The zero-order valence-corrected chi connectivity index (χ0v) is 16.0. The van der Waals surface area contributed by atoms with Gasteiger partial charge < -0.3 is 19.2 Å². The number of hydrogen-bond acceptors (Lipinski definition) is 6. The van der Waals surface area contributed by atoms with E-state index < -0.39 is 17.7 Å². The second kappa shape index (κ2) is 10.5. The van der Waals surface area contributed by atoms with Crippen molar-refractivity contribution in [3.05, 3.63) is 29.6 Å². The molecular formula is C19H28N2O5. The van der Waals surface area contributed by atoms with E-state index >= 15 is 0 Å². The van der Waals surface area contributed by atoms with E-state index in [1.165, 1.54) is 11.1 Å². The molecule has 7 heteroatoms. The first-order chi connectivity index (χ1) is 12.3. The Labute approximate surface area is 154 Å². The number of amides is 1. The number of unbranched alkanes of at least 4 members (excludes halogenated alkanes) is 2. The minimum atomic E-state index is -0.613. The summed E-state index contributed by atoms with van der Waals surface area (Å²) in [6.07, 6.45) is 3.75. The summed E-state index contributed by atoms with van der Waals surface area (Å²) in [5.41, 5.74) is 0.344. The van der Waals surface area contributed by atoms with Gasteiger partial charge in [0.25, 0.3) is 0 Å². The van der Waals surface area contributed by atoms with Crippen molar-refractivity contribution in [3.8, 4) is 0 Å². The SMILES string of the molecule is CCOC(=O)c1ccnc(CN(CCCCC=O)C(=O)OC(C)(C)C)c1. The summed E-state index contributed by atoms with van der Waals surface area (Å²) in [6, 6.07) is 3.18. The van der Waals surface area contributed by atoms with Gasteiger partial charge in [0.15, 0.2) is 0 Å². The second-order valence-electron chi connectivity index (χ2n) is 6.82. The van der Waals surface area contributed by atoms with Crippen LogP contribution in [0.15, 0.2) is 18.3 Å². The Bertz CT molecular complexity index is 610. The molecule has 144 valence electrons. The van der Waals surface area contributed by atoms with Gasteiger partial charge in [0.05, 0.1) is 24.4 Å². The van der Waals surface area contributed by atoms with E-state index in [0.29, 0.717) is 37.1 Å². The Balaban J connectivity index is 2.86. The van der Waals surface area contributed by atoms with Crippen molar-refractivity contribution in [1.29, 1.82) is 0 Å². The molecule has 0 spiro atoms. The maximum absolute atomic E-state index is 12.5. The Morgan fingerprint density at radius 1 is 1.27 bits per heavy atom. The molecule has 7 nitrogen and oxygen atoms in total. The second-order valence-corrected chi connectivity index (χ2v) is 6.82. The molecule has 0 unspecified atom stereocenters. The standard InChI is InChI=1S/C19H28N2O5/c1-5-25-17(23)15-9-10-20-16(13-15)14-21(11-7-6-8-12-22)18(24)26-19(2,3)4/h9-10,12-13H,5-8,11,14H2,1-4H3. The number of nitrogens with zero attached hydrogens (tertiary/aromatic N) is 2. The summed E-state index contributed by atoms with van der Waals surface area (Å²) in [5, 5.41) is 0. The van der Waals surface area contributed by atoms with Crippen molar-refractivity contribution < 1.29 is 23.9 Å². The van der Waals surface area contributed by atoms with Crippen LogP contribution in [0.4, 0.5) is 4.79 Å². The van der Waals surface area contributed by atoms with Crippen LogP contribution in [-0.4, -0.2) is 47.0 Å². The highest BCUT2D eigenvalue weighted by molar-refractivity contribution is 5.89. The molecule has 0 aliphatic rings. The minimum Gasteiger partial charge on any atom is -0.462 e. The van der Waals surface area contributed by atoms with Crippen LogP contribution in [0.25, 0.3) is 0 Å². The topological polar surface area (TPSA) is 85.8 Å². The summed E-state index contributed by atoms with van der Waals surface area (Å²) in [4.78, 5) is 40.5. The molecule has 1 heterocycles. The van der Waals surface area contributed by atoms with Crippen molar-refractivity contribution in [2.24, 2.45) is 0 Å². The minimum absolute atomic E-state index is 0.212. The predicted octanol–water partition coefficient (Wildman–Crippen LogP) is 3.36. The average molecular weight is 364 g/mol. The largest absolute Gasteiger partial charge is 0.462 e. The van der Waals surface area contributed by atoms with Crippen LogP contribution >= 0.6 is 0 Å². The molecule has 1 aromatic heterocycles. The molecule has 0 aromatic carbocycles. The number of hydrogen-bond donors (Lipinski definition) is 0. The number of rotatable bonds is 9. The first-order valence-corrected chi connectivity index (χ1v) is 8.80. The summed E-state index contributed by atoms with van der Waals surface area (Å²) in [5.74, 6) is -0.425. The number of esters is 1. The molecule has 0 aliphatic heterocycles. The fourth-order valence-corrected chi connectivity index (χ4v) is 2.19. The third-order valence-corrected chi connectivity index (χ3v) is 3.33. The van der Waals surface area contributed by atoms with Crippen LogP contribution in [0.5, 0.6) is 0 Å². The lowest BCUT2D eigenvalue weighted by Crippen LogP contribution is -2.37. The maximum Gasteiger partial charge on any atom is 0.410 e. The van der Waals surface area contributed by atoms with E-state index in [2.05, 4.69) is 4.98 Å². The monoisotopic (exact) mass is 364 g/mol. The number of aromatic nitrogens is 1. The molecule has 0 N–H and O–H groups in total. The number of ether oxygens (including phenoxy) is 2. The van der Waals surface area contributed by atoms with Crippen LogP contribution in [0.1, 0.15) is 63.0 Å². The molecule has 0 saturated heterocycles. The van der Waals surface area contributed by atoms with Gasteiger partial charge in [-0.05, 0) is 52.7 Å². The lowest BCUT2D eigenvalue weighted by Gasteiger charge is -2.27. The van der Waals surface area contributed by atoms with Gasteiger partial charge in [0.2, 0.25) is 0 Å². The third-order valence-electron chi connectivity index (χ3n) is 3.33. The van der Waals surface area contributed by atoms with Crippen LogP contribution < -0.4 is 0 Å². The fraction of sp³-hybridized carbons (Fsp3) is 0.579. The smallest absolute Gasteiger partial charge is 0.410 e. The molecule has 0 bridgehead atoms. The van der Waals surface area contributed by atoms with Gasteiger partial charge in [-0.1, -0.05) is 0 Å². The normalized spacial score (nSPS) is 10.9. The fourth-order valence-electron chi connectivity index (χ4n) is 2.19. The predicted molar refractivity (Wildman–Crippen MR) is 96.8 cm³/mol. The summed E-state index contributed by atoms with van der Waals surface area (Å²) >= 11 is 0. The Morgan fingerprint density at radius 3 is 2.62 bits per heavy atom. The van der Waals surface area contributed by atoms with E-state index in [1.807, 2.05) is 0 Å². The van der Waals surface area contributed by atoms with Crippen molar-refractivity contribution in [2.75, 3.05) is 13.2 Å². The zero-order chi connectivity index (χ0) is 19.6. The Morgan fingerprint density at radius 2 is 2.00 bits per heavy atom.